The Morgan fingerprint density at radius 1 is 1.11 bits per heavy atom. The number of thiophene rings is 1. The molecular weight excluding hydrogens is 242 g/mol. The van der Waals surface area contributed by atoms with E-state index >= 15 is 0 Å². The predicted molar refractivity (Wildman–Crippen MR) is 75.3 cm³/mol. The van der Waals surface area contributed by atoms with Crippen LogP contribution in [0.1, 0.15) is 65.7 Å². The quantitative estimate of drug-likeness (QED) is 0.866. The van der Waals surface area contributed by atoms with Gasteiger partial charge < -0.3 is 5.32 Å². The Balaban J connectivity index is 1.70. The summed E-state index contributed by atoms with van der Waals surface area (Å²) in [6.07, 6.45) is 11.0. The molecule has 0 atom stereocenters. The van der Waals surface area contributed by atoms with Crippen LogP contribution in [-0.2, 0) is 12.8 Å². The van der Waals surface area contributed by atoms with Crippen molar-refractivity contribution in [2.45, 2.75) is 63.8 Å². The summed E-state index contributed by atoms with van der Waals surface area (Å²) in [7, 11) is 0. The van der Waals surface area contributed by atoms with Gasteiger partial charge in [-0.15, -0.1) is 11.3 Å². The van der Waals surface area contributed by atoms with Crippen molar-refractivity contribution in [2.75, 3.05) is 0 Å². The van der Waals surface area contributed by atoms with E-state index < -0.39 is 0 Å². The monoisotopic (exact) mass is 263 g/mol. The fourth-order valence-electron chi connectivity index (χ4n) is 3.19. The zero-order valence-electron chi connectivity index (χ0n) is 10.8. The molecular formula is C15H21NOS. The molecule has 0 aliphatic heterocycles. The fraction of sp³-hybridized carbons (Fsp3) is 0.667. The highest BCUT2D eigenvalue weighted by molar-refractivity contribution is 7.10. The summed E-state index contributed by atoms with van der Waals surface area (Å²) in [6, 6.07) is 0.422. The lowest BCUT2D eigenvalue weighted by molar-refractivity contribution is 0.0927. The van der Waals surface area contributed by atoms with Gasteiger partial charge in [-0.1, -0.05) is 19.3 Å². The van der Waals surface area contributed by atoms with Crippen LogP contribution in [0.15, 0.2) is 5.38 Å². The van der Waals surface area contributed by atoms with Crippen LogP contribution in [0.2, 0.25) is 0 Å². The van der Waals surface area contributed by atoms with Crippen LogP contribution in [-0.4, -0.2) is 11.9 Å². The number of carbonyl (C=O) groups is 1. The maximum atomic E-state index is 12.3. The number of aryl methyl sites for hydroxylation is 1. The average molecular weight is 263 g/mol. The Kier molecular flexibility index (Phi) is 3.69. The topological polar surface area (TPSA) is 29.1 Å². The molecule has 0 unspecified atom stereocenters. The zero-order valence-corrected chi connectivity index (χ0v) is 11.7. The summed E-state index contributed by atoms with van der Waals surface area (Å²) >= 11 is 1.78. The molecule has 1 N–H and O–H groups in total. The maximum Gasteiger partial charge on any atom is 0.252 e. The number of fused-ring (bicyclic) bond motifs is 1. The van der Waals surface area contributed by atoms with Crippen LogP contribution in [0.25, 0.3) is 0 Å². The van der Waals surface area contributed by atoms with Crippen molar-refractivity contribution in [3.8, 4) is 0 Å². The first-order valence-corrected chi connectivity index (χ1v) is 8.12. The highest BCUT2D eigenvalue weighted by Gasteiger charge is 2.22. The number of amides is 1. The lowest BCUT2D eigenvalue weighted by atomic mass is 9.93. The fourth-order valence-corrected chi connectivity index (χ4v) is 4.32. The van der Waals surface area contributed by atoms with Crippen molar-refractivity contribution in [3.63, 3.8) is 0 Å². The summed E-state index contributed by atoms with van der Waals surface area (Å²) in [5.74, 6) is 0.182. The third kappa shape index (κ3) is 2.46. The summed E-state index contributed by atoms with van der Waals surface area (Å²) in [5, 5.41) is 5.32. The SMILES string of the molecule is O=C(NC1CCCCC1)c1csc2c1CCCC2. The van der Waals surface area contributed by atoms with Gasteiger partial charge in [0.25, 0.3) is 5.91 Å². The van der Waals surface area contributed by atoms with Gasteiger partial charge in [-0.05, 0) is 44.1 Å². The van der Waals surface area contributed by atoms with Gasteiger partial charge in [-0.2, -0.15) is 0 Å². The minimum Gasteiger partial charge on any atom is -0.349 e. The van der Waals surface area contributed by atoms with E-state index in [1.165, 1.54) is 49.0 Å². The van der Waals surface area contributed by atoms with Gasteiger partial charge in [0, 0.05) is 16.3 Å². The van der Waals surface area contributed by atoms with E-state index in [-0.39, 0.29) is 5.91 Å². The van der Waals surface area contributed by atoms with Crippen LogP contribution in [0.4, 0.5) is 0 Å². The Morgan fingerprint density at radius 2 is 1.89 bits per heavy atom. The molecule has 0 aromatic carbocycles. The molecule has 3 rings (SSSR count). The van der Waals surface area contributed by atoms with E-state index in [9.17, 15) is 4.79 Å². The molecule has 98 valence electrons. The first kappa shape index (κ1) is 12.2. The molecule has 2 aliphatic carbocycles. The lowest BCUT2D eigenvalue weighted by Gasteiger charge is -2.23. The van der Waals surface area contributed by atoms with Gasteiger partial charge in [0.05, 0.1) is 5.56 Å². The molecule has 0 bridgehead atoms. The van der Waals surface area contributed by atoms with Crippen LogP contribution in [0.5, 0.6) is 0 Å². The zero-order chi connectivity index (χ0) is 12.4. The Labute approximate surface area is 113 Å². The Hall–Kier alpha value is -0.830. The van der Waals surface area contributed by atoms with Crippen molar-refractivity contribution >= 4 is 17.2 Å². The average Bonchev–Trinajstić information content (AvgIpc) is 2.84. The van der Waals surface area contributed by atoms with Crippen molar-refractivity contribution in [1.82, 2.24) is 5.32 Å². The third-order valence-electron chi connectivity index (χ3n) is 4.25. The molecule has 3 heteroatoms. The van der Waals surface area contributed by atoms with Gasteiger partial charge in [-0.3, -0.25) is 4.79 Å². The second-order valence-corrected chi connectivity index (χ2v) is 6.53. The molecule has 2 aliphatic rings. The van der Waals surface area contributed by atoms with Gasteiger partial charge in [0.15, 0.2) is 0 Å². The Bertz CT molecular complexity index is 432. The summed E-state index contributed by atoms with van der Waals surface area (Å²) in [4.78, 5) is 13.8. The van der Waals surface area contributed by atoms with E-state index in [0.717, 1.165) is 24.8 Å². The summed E-state index contributed by atoms with van der Waals surface area (Å²) in [5.41, 5.74) is 2.32. The third-order valence-corrected chi connectivity index (χ3v) is 5.33. The highest BCUT2D eigenvalue weighted by Crippen LogP contribution is 2.30. The molecule has 1 saturated carbocycles. The molecule has 0 radical (unpaired) electrons. The molecule has 1 heterocycles. The predicted octanol–water partition coefficient (Wildman–Crippen LogP) is 3.69. The number of nitrogens with one attached hydrogen (secondary N) is 1. The summed E-state index contributed by atoms with van der Waals surface area (Å²) in [6.45, 7) is 0. The van der Waals surface area contributed by atoms with Gasteiger partial charge >= 0.3 is 0 Å². The minimum absolute atomic E-state index is 0.182. The largest absolute Gasteiger partial charge is 0.349 e. The number of carbonyl (C=O) groups excluding carboxylic acids is 1. The Morgan fingerprint density at radius 3 is 2.72 bits per heavy atom. The summed E-state index contributed by atoms with van der Waals surface area (Å²) < 4.78 is 0. The number of hydrogen-bond acceptors (Lipinski definition) is 2. The van der Waals surface area contributed by atoms with E-state index in [4.69, 9.17) is 0 Å². The minimum atomic E-state index is 0.182. The highest BCUT2D eigenvalue weighted by atomic mass is 32.1. The van der Waals surface area contributed by atoms with Crippen molar-refractivity contribution in [3.05, 3.63) is 21.4 Å². The maximum absolute atomic E-state index is 12.3. The van der Waals surface area contributed by atoms with Crippen LogP contribution >= 0.6 is 11.3 Å². The molecule has 1 aromatic rings. The molecule has 18 heavy (non-hydrogen) atoms. The van der Waals surface area contributed by atoms with Crippen LogP contribution < -0.4 is 5.32 Å². The normalized spacial score (nSPS) is 20.4. The molecule has 0 saturated heterocycles. The molecule has 0 spiro atoms. The van der Waals surface area contributed by atoms with Gasteiger partial charge in [0.1, 0.15) is 0 Å². The second kappa shape index (κ2) is 5.43. The van der Waals surface area contributed by atoms with E-state index in [0.29, 0.717) is 6.04 Å². The smallest absolute Gasteiger partial charge is 0.252 e. The first-order chi connectivity index (χ1) is 8.84. The molecule has 1 amide bonds. The molecule has 1 aromatic heterocycles. The van der Waals surface area contributed by atoms with E-state index in [2.05, 4.69) is 10.7 Å². The van der Waals surface area contributed by atoms with Gasteiger partial charge in [-0.25, -0.2) is 0 Å². The van der Waals surface area contributed by atoms with Gasteiger partial charge in [0.2, 0.25) is 0 Å². The number of rotatable bonds is 2. The van der Waals surface area contributed by atoms with Crippen molar-refractivity contribution in [2.24, 2.45) is 0 Å². The number of hydrogen-bond donors (Lipinski definition) is 1. The van der Waals surface area contributed by atoms with E-state index in [1.807, 2.05) is 0 Å². The van der Waals surface area contributed by atoms with Crippen LogP contribution in [0, 0.1) is 0 Å². The van der Waals surface area contributed by atoms with Crippen molar-refractivity contribution < 1.29 is 4.79 Å². The van der Waals surface area contributed by atoms with Crippen LogP contribution in [0.3, 0.4) is 0 Å². The lowest BCUT2D eigenvalue weighted by Crippen LogP contribution is -2.36. The molecule has 1 fully saturated rings. The molecule has 2 nitrogen and oxygen atoms in total. The van der Waals surface area contributed by atoms with E-state index in [1.54, 1.807) is 11.3 Å². The van der Waals surface area contributed by atoms with Crippen molar-refractivity contribution in [1.29, 1.82) is 0 Å². The second-order valence-electron chi connectivity index (χ2n) is 5.57. The first-order valence-electron chi connectivity index (χ1n) is 7.24. The standard InChI is InChI=1S/C15H21NOS/c17-15(16-11-6-2-1-3-7-11)13-10-18-14-9-5-4-8-12(13)14/h10-11H,1-9H2,(H,16,17).